The van der Waals surface area contributed by atoms with Crippen LogP contribution in [0.15, 0.2) is 53.4 Å². The SMILES string of the molecule is COc1cccc(N2CCN(C(=S)Nc3ccc(S(=O)(=O)N4CCOCC4)cc3)CC2)c1. The van der Waals surface area contributed by atoms with Crippen molar-refractivity contribution in [3.8, 4) is 5.75 Å². The van der Waals surface area contributed by atoms with Crippen LogP contribution in [0.25, 0.3) is 0 Å². The number of methoxy groups -OCH3 is 1. The molecule has 0 saturated carbocycles. The Balaban J connectivity index is 1.32. The van der Waals surface area contributed by atoms with Gasteiger partial charge in [-0.1, -0.05) is 6.07 Å². The molecule has 2 fully saturated rings. The van der Waals surface area contributed by atoms with Gasteiger partial charge in [0.15, 0.2) is 5.11 Å². The van der Waals surface area contributed by atoms with Crippen molar-refractivity contribution in [2.75, 3.05) is 69.8 Å². The van der Waals surface area contributed by atoms with E-state index in [0.29, 0.717) is 31.4 Å². The molecule has 4 rings (SSSR count). The van der Waals surface area contributed by atoms with Crippen molar-refractivity contribution < 1.29 is 17.9 Å². The monoisotopic (exact) mass is 476 g/mol. The lowest BCUT2D eigenvalue weighted by atomic mass is 10.2. The minimum atomic E-state index is -3.50. The first-order chi connectivity index (χ1) is 15.5. The Bertz CT molecular complexity index is 1030. The summed E-state index contributed by atoms with van der Waals surface area (Å²) in [5.41, 5.74) is 1.91. The number of hydrogen-bond acceptors (Lipinski definition) is 6. The highest BCUT2D eigenvalue weighted by molar-refractivity contribution is 7.89. The molecule has 2 saturated heterocycles. The van der Waals surface area contributed by atoms with Gasteiger partial charge in [0, 0.05) is 56.7 Å². The molecule has 2 aliphatic rings. The third-order valence-corrected chi connectivity index (χ3v) is 7.97. The Morgan fingerprint density at radius 2 is 1.69 bits per heavy atom. The number of morpholine rings is 1. The van der Waals surface area contributed by atoms with E-state index in [9.17, 15) is 8.42 Å². The molecule has 32 heavy (non-hydrogen) atoms. The first-order valence-electron chi connectivity index (χ1n) is 10.6. The summed E-state index contributed by atoms with van der Waals surface area (Å²) in [6.07, 6.45) is 0. The van der Waals surface area contributed by atoms with Gasteiger partial charge in [-0.15, -0.1) is 0 Å². The van der Waals surface area contributed by atoms with Gasteiger partial charge in [-0.05, 0) is 48.6 Å². The Morgan fingerprint density at radius 1 is 1.00 bits per heavy atom. The molecular formula is C22H28N4O4S2. The minimum absolute atomic E-state index is 0.280. The van der Waals surface area contributed by atoms with Crippen molar-refractivity contribution in [2.24, 2.45) is 0 Å². The van der Waals surface area contributed by atoms with Crippen molar-refractivity contribution in [1.82, 2.24) is 9.21 Å². The zero-order valence-corrected chi connectivity index (χ0v) is 19.7. The summed E-state index contributed by atoms with van der Waals surface area (Å²) in [6, 6.07) is 14.8. The predicted octanol–water partition coefficient (Wildman–Crippen LogP) is 2.24. The fourth-order valence-electron chi connectivity index (χ4n) is 3.82. The number of nitrogens with zero attached hydrogens (tertiary/aromatic N) is 3. The third kappa shape index (κ3) is 5.15. The van der Waals surface area contributed by atoms with Crippen molar-refractivity contribution >= 4 is 38.7 Å². The lowest BCUT2D eigenvalue weighted by Gasteiger charge is -2.37. The molecule has 0 bridgehead atoms. The average Bonchev–Trinajstić information content (AvgIpc) is 2.85. The first-order valence-corrected chi connectivity index (χ1v) is 12.4. The molecule has 172 valence electrons. The lowest BCUT2D eigenvalue weighted by Crippen LogP contribution is -2.50. The second-order valence-corrected chi connectivity index (χ2v) is 9.97. The number of sulfonamides is 1. The second-order valence-electron chi connectivity index (χ2n) is 7.65. The van der Waals surface area contributed by atoms with Crippen LogP contribution in [0.1, 0.15) is 0 Å². The summed E-state index contributed by atoms with van der Waals surface area (Å²) in [7, 11) is -1.83. The Hall–Kier alpha value is -2.40. The third-order valence-electron chi connectivity index (χ3n) is 5.70. The molecule has 0 spiro atoms. The zero-order valence-electron chi connectivity index (χ0n) is 18.1. The zero-order chi connectivity index (χ0) is 22.6. The lowest BCUT2D eigenvalue weighted by molar-refractivity contribution is 0.0730. The van der Waals surface area contributed by atoms with Gasteiger partial charge in [-0.25, -0.2) is 8.42 Å². The van der Waals surface area contributed by atoms with Gasteiger partial charge < -0.3 is 24.6 Å². The standard InChI is InChI=1S/C22H28N4O4S2/c1-29-20-4-2-3-19(17-20)24-9-11-25(12-10-24)22(31)23-18-5-7-21(8-6-18)32(27,28)26-13-15-30-16-14-26/h2-8,17H,9-16H2,1H3,(H,23,31). The topological polar surface area (TPSA) is 74.4 Å². The molecular weight excluding hydrogens is 448 g/mol. The summed E-state index contributed by atoms with van der Waals surface area (Å²) in [4.78, 5) is 4.72. The number of rotatable bonds is 5. The molecule has 0 amide bonds. The maximum absolute atomic E-state index is 12.8. The Labute approximate surface area is 194 Å². The van der Waals surface area contributed by atoms with Crippen LogP contribution in [-0.2, 0) is 14.8 Å². The summed E-state index contributed by atoms with van der Waals surface area (Å²) < 4.78 is 37.6. The van der Waals surface area contributed by atoms with E-state index in [1.807, 2.05) is 18.2 Å². The van der Waals surface area contributed by atoms with Crippen LogP contribution < -0.4 is 15.0 Å². The predicted molar refractivity (Wildman–Crippen MR) is 129 cm³/mol. The maximum atomic E-state index is 12.8. The molecule has 8 nitrogen and oxygen atoms in total. The molecule has 2 heterocycles. The summed E-state index contributed by atoms with van der Waals surface area (Å²) in [5.74, 6) is 0.848. The van der Waals surface area contributed by atoms with Crippen molar-refractivity contribution in [2.45, 2.75) is 4.90 Å². The van der Waals surface area contributed by atoms with E-state index in [0.717, 1.165) is 43.3 Å². The van der Waals surface area contributed by atoms with Gasteiger partial charge >= 0.3 is 0 Å². The fourth-order valence-corrected chi connectivity index (χ4v) is 5.53. The number of ether oxygens (including phenoxy) is 2. The largest absolute Gasteiger partial charge is 0.497 e. The highest BCUT2D eigenvalue weighted by atomic mass is 32.2. The molecule has 2 aliphatic heterocycles. The summed E-state index contributed by atoms with van der Waals surface area (Å²) >= 11 is 5.60. The molecule has 1 N–H and O–H groups in total. The number of thiocarbonyl (C=S) groups is 1. The second kappa shape index (κ2) is 10.0. The molecule has 0 atom stereocenters. The minimum Gasteiger partial charge on any atom is -0.497 e. The van der Waals surface area contributed by atoms with Crippen LogP contribution >= 0.6 is 12.2 Å². The normalized spacial score (nSPS) is 17.8. The first kappa shape index (κ1) is 22.8. The van der Waals surface area contributed by atoms with Crippen LogP contribution in [0.2, 0.25) is 0 Å². The van der Waals surface area contributed by atoms with Crippen LogP contribution in [-0.4, -0.2) is 82.3 Å². The van der Waals surface area contributed by atoms with Crippen molar-refractivity contribution in [3.05, 3.63) is 48.5 Å². The van der Waals surface area contributed by atoms with Gasteiger partial charge in [-0.3, -0.25) is 0 Å². The van der Waals surface area contributed by atoms with Gasteiger partial charge in [-0.2, -0.15) is 4.31 Å². The van der Waals surface area contributed by atoms with E-state index in [1.54, 1.807) is 31.4 Å². The van der Waals surface area contributed by atoms with Gasteiger partial charge in [0.2, 0.25) is 10.0 Å². The molecule has 0 unspecified atom stereocenters. The molecule has 2 aromatic carbocycles. The van der Waals surface area contributed by atoms with Crippen LogP contribution in [0.5, 0.6) is 5.75 Å². The summed E-state index contributed by atoms with van der Waals surface area (Å²) in [6.45, 7) is 4.93. The molecule has 0 aromatic heterocycles. The highest BCUT2D eigenvalue weighted by Gasteiger charge is 2.26. The number of hydrogen-bond donors (Lipinski definition) is 1. The quantitative estimate of drug-likeness (QED) is 0.659. The van der Waals surface area contributed by atoms with Gasteiger partial charge in [0.05, 0.1) is 25.2 Å². The number of benzene rings is 2. The number of piperazine rings is 1. The van der Waals surface area contributed by atoms with Crippen molar-refractivity contribution in [3.63, 3.8) is 0 Å². The van der Waals surface area contributed by atoms with Crippen LogP contribution in [0.3, 0.4) is 0 Å². The number of nitrogens with one attached hydrogen (secondary N) is 1. The maximum Gasteiger partial charge on any atom is 0.243 e. The van der Waals surface area contributed by atoms with Crippen LogP contribution in [0.4, 0.5) is 11.4 Å². The van der Waals surface area contributed by atoms with E-state index in [1.165, 1.54) is 4.31 Å². The molecule has 0 aliphatic carbocycles. The van der Waals surface area contributed by atoms with E-state index in [2.05, 4.69) is 21.2 Å². The van der Waals surface area contributed by atoms with Gasteiger partial charge in [0.25, 0.3) is 0 Å². The van der Waals surface area contributed by atoms with E-state index >= 15 is 0 Å². The van der Waals surface area contributed by atoms with E-state index in [-0.39, 0.29) is 4.90 Å². The molecule has 2 aromatic rings. The van der Waals surface area contributed by atoms with Gasteiger partial charge in [0.1, 0.15) is 5.75 Å². The highest BCUT2D eigenvalue weighted by Crippen LogP contribution is 2.23. The Morgan fingerprint density at radius 3 is 2.34 bits per heavy atom. The molecule has 0 radical (unpaired) electrons. The van der Waals surface area contributed by atoms with E-state index in [4.69, 9.17) is 21.7 Å². The Kier molecular flexibility index (Phi) is 7.14. The molecule has 10 heteroatoms. The van der Waals surface area contributed by atoms with Crippen molar-refractivity contribution in [1.29, 1.82) is 0 Å². The summed E-state index contributed by atoms with van der Waals surface area (Å²) in [5, 5.41) is 3.87. The van der Waals surface area contributed by atoms with E-state index < -0.39 is 10.0 Å². The number of anilines is 2. The average molecular weight is 477 g/mol. The van der Waals surface area contributed by atoms with Crippen LogP contribution in [0, 0.1) is 0 Å². The smallest absolute Gasteiger partial charge is 0.243 e. The fraction of sp³-hybridized carbons (Fsp3) is 0.409.